The molecule has 0 bridgehead atoms. The lowest BCUT2D eigenvalue weighted by atomic mass is 10.0. The Hall–Kier alpha value is -1.42. The summed E-state index contributed by atoms with van der Waals surface area (Å²) < 4.78 is 0. The van der Waals surface area contributed by atoms with E-state index in [9.17, 15) is 19.2 Å². The van der Waals surface area contributed by atoms with E-state index in [1.165, 1.54) is 21.6 Å². The van der Waals surface area contributed by atoms with Gasteiger partial charge in [0, 0.05) is 11.5 Å². The second-order valence-corrected chi connectivity index (χ2v) is 8.25. The number of rotatable bonds is 6. The van der Waals surface area contributed by atoms with Crippen molar-refractivity contribution in [3.05, 3.63) is 0 Å². The lowest BCUT2D eigenvalue weighted by molar-refractivity contribution is -0.137. The molecule has 2 aliphatic heterocycles. The first kappa shape index (κ1) is 17.9. The lowest BCUT2D eigenvalue weighted by Crippen LogP contribution is -2.63. The fourth-order valence-electron chi connectivity index (χ4n) is 2.18. The molecule has 2 saturated heterocycles. The Balaban J connectivity index is 1.72. The Morgan fingerprint density at radius 3 is 2.13 bits per heavy atom. The molecule has 23 heavy (non-hydrogen) atoms. The van der Waals surface area contributed by atoms with Crippen molar-refractivity contribution in [2.75, 3.05) is 18.1 Å². The summed E-state index contributed by atoms with van der Waals surface area (Å²) >= 11 is 0. The van der Waals surface area contributed by atoms with Crippen LogP contribution in [0.15, 0.2) is 0 Å². The molecular formula is C13H20N4O4S2. The lowest BCUT2D eigenvalue weighted by Gasteiger charge is -2.31. The molecule has 0 aromatic carbocycles. The second kappa shape index (κ2) is 7.91. The highest BCUT2D eigenvalue weighted by molar-refractivity contribution is 8.76. The van der Waals surface area contributed by atoms with Crippen LogP contribution in [0.2, 0.25) is 0 Å². The van der Waals surface area contributed by atoms with Gasteiger partial charge in [0.1, 0.15) is 18.1 Å². The zero-order chi connectivity index (χ0) is 17.0. The minimum Gasteiger partial charge on any atom is -0.345 e. The van der Waals surface area contributed by atoms with Gasteiger partial charge in [0.15, 0.2) is 0 Å². The third-order valence-electron chi connectivity index (χ3n) is 3.51. The fourth-order valence-corrected chi connectivity index (χ4v) is 4.51. The highest BCUT2D eigenvalue weighted by atomic mass is 33.1. The number of carbonyl (C=O) groups is 4. The van der Waals surface area contributed by atoms with Crippen LogP contribution in [-0.2, 0) is 19.2 Å². The van der Waals surface area contributed by atoms with Crippen LogP contribution >= 0.6 is 21.6 Å². The zero-order valence-corrected chi connectivity index (χ0v) is 14.5. The molecule has 1 unspecified atom stereocenters. The summed E-state index contributed by atoms with van der Waals surface area (Å²) in [6.45, 7) is 3.76. The monoisotopic (exact) mass is 360 g/mol. The van der Waals surface area contributed by atoms with Gasteiger partial charge < -0.3 is 21.3 Å². The minimum atomic E-state index is -0.579. The molecule has 0 aromatic rings. The molecule has 2 rings (SSSR count). The van der Waals surface area contributed by atoms with E-state index in [1.807, 2.05) is 13.8 Å². The van der Waals surface area contributed by atoms with E-state index in [1.54, 1.807) is 0 Å². The predicted molar refractivity (Wildman–Crippen MR) is 88.6 cm³/mol. The molecule has 10 heteroatoms. The van der Waals surface area contributed by atoms with Crippen molar-refractivity contribution >= 4 is 45.2 Å². The Labute approximate surface area is 142 Å². The molecule has 3 atom stereocenters. The summed E-state index contributed by atoms with van der Waals surface area (Å²) in [7, 11) is 2.76. The van der Waals surface area contributed by atoms with Gasteiger partial charge in [-0.2, -0.15) is 0 Å². The van der Waals surface area contributed by atoms with Crippen LogP contribution in [-0.4, -0.2) is 59.8 Å². The van der Waals surface area contributed by atoms with E-state index >= 15 is 0 Å². The van der Waals surface area contributed by atoms with Gasteiger partial charge >= 0.3 is 0 Å². The normalized spacial score (nSPS) is 28.0. The molecule has 4 N–H and O–H groups in total. The van der Waals surface area contributed by atoms with Crippen LogP contribution in [0.5, 0.6) is 0 Å². The van der Waals surface area contributed by atoms with Gasteiger partial charge in [-0.3, -0.25) is 19.2 Å². The summed E-state index contributed by atoms with van der Waals surface area (Å²) in [5.41, 5.74) is 0. The highest BCUT2D eigenvalue weighted by Gasteiger charge is 2.35. The molecule has 2 aliphatic rings. The van der Waals surface area contributed by atoms with Crippen molar-refractivity contribution in [3.63, 3.8) is 0 Å². The molecule has 4 amide bonds. The molecular weight excluding hydrogens is 340 g/mol. The Kier molecular flexibility index (Phi) is 6.17. The van der Waals surface area contributed by atoms with E-state index < -0.39 is 18.1 Å². The first-order valence-electron chi connectivity index (χ1n) is 7.30. The zero-order valence-electron chi connectivity index (χ0n) is 12.9. The van der Waals surface area contributed by atoms with Gasteiger partial charge in [-0.15, -0.1) is 0 Å². The van der Waals surface area contributed by atoms with E-state index in [4.69, 9.17) is 0 Å². The van der Waals surface area contributed by atoms with E-state index in [0.29, 0.717) is 11.5 Å². The second-order valence-electron chi connectivity index (χ2n) is 5.70. The molecule has 2 heterocycles. The van der Waals surface area contributed by atoms with E-state index in [-0.39, 0.29) is 36.1 Å². The van der Waals surface area contributed by atoms with Crippen LogP contribution in [0, 0.1) is 5.92 Å². The third kappa shape index (κ3) is 4.77. The third-order valence-corrected chi connectivity index (χ3v) is 5.93. The summed E-state index contributed by atoms with van der Waals surface area (Å²) in [5.74, 6) is 0.0544. The first-order valence-corrected chi connectivity index (χ1v) is 9.79. The summed E-state index contributed by atoms with van der Waals surface area (Å²) in [5, 5.41) is 10.6. The predicted octanol–water partition coefficient (Wildman–Crippen LogP) is -1.38. The van der Waals surface area contributed by atoms with Crippen LogP contribution in [0.25, 0.3) is 0 Å². The van der Waals surface area contributed by atoms with Crippen LogP contribution in [0.3, 0.4) is 0 Å². The molecule has 8 nitrogen and oxygen atoms in total. The number of hydrogen-bond acceptors (Lipinski definition) is 6. The number of nitrogens with one attached hydrogen (secondary N) is 4. The Morgan fingerprint density at radius 1 is 0.913 bits per heavy atom. The number of amides is 4. The van der Waals surface area contributed by atoms with Crippen molar-refractivity contribution in [1.82, 2.24) is 21.3 Å². The van der Waals surface area contributed by atoms with Gasteiger partial charge in [-0.05, 0) is 5.92 Å². The number of piperazine rings is 2. The maximum Gasteiger partial charge on any atom is 0.244 e. The largest absolute Gasteiger partial charge is 0.345 e. The molecule has 0 radical (unpaired) electrons. The van der Waals surface area contributed by atoms with Gasteiger partial charge in [0.05, 0.1) is 6.54 Å². The van der Waals surface area contributed by atoms with Crippen molar-refractivity contribution in [2.45, 2.75) is 32.0 Å². The first-order chi connectivity index (χ1) is 10.9. The van der Waals surface area contributed by atoms with Crippen molar-refractivity contribution in [3.8, 4) is 0 Å². The SMILES string of the molecule is CC(C)C1NC(=O)[C@H](CSSC[C@@H]2NC(=O)CNC2=O)NC1=O. The van der Waals surface area contributed by atoms with Crippen LogP contribution in [0.4, 0.5) is 0 Å². The maximum absolute atomic E-state index is 12.0. The topological polar surface area (TPSA) is 116 Å². The number of carbonyl (C=O) groups excluding carboxylic acids is 4. The van der Waals surface area contributed by atoms with Crippen molar-refractivity contribution < 1.29 is 19.2 Å². The molecule has 2 fully saturated rings. The fraction of sp³-hybridized carbons (Fsp3) is 0.692. The summed E-state index contributed by atoms with van der Waals surface area (Å²) in [4.78, 5) is 46.7. The van der Waals surface area contributed by atoms with E-state index in [2.05, 4.69) is 21.3 Å². The van der Waals surface area contributed by atoms with E-state index in [0.717, 1.165) is 0 Å². The molecule has 128 valence electrons. The van der Waals surface area contributed by atoms with Gasteiger partial charge in [0.25, 0.3) is 0 Å². The summed E-state index contributed by atoms with van der Waals surface area (Å²) in [6, 6.07) is -1.63. The Morgan fingerprint density at radius 2 is 1.52 bits per heavy atom. The van der Waals surface area contributed by atoms with Crippen molar-refractivity contribution in [1.29, 1.82) is 0 Å². The molecule has 0 spiro atoms. The maximum atomic E-state index is 12.0. The smallest absolute Gasteiger partial charge is 0.244 e. The Bertz CT molecular complexity index is 514. The van der Waals surface area contributed by atoms with Crippen molar-refractivity contribution in [2.24, 2.45) is 5.92 Å². The van der Waals surface area contributed by atoms with Gasteiger partial charge in [-0.25, -0.2) is 0 Å². The quantitative estimate of drug-likeness (QED) is 0.343. The highest BCUT2D eigenvalue weighted by Crippen LogP contribution is 2.24. The standard InChI is InChI=1S/C13H20N4O4S2/c1-6(2)10-13(21)16-8(12(20)17-10)5-23-22-4-7-11(19)14-3-9(18)15-7/h6-8,10H,3-5H2,1-2H3,(H,14,19)(H,15,18)(H,16,21)(H,17,20)/t7-,8-,10?/m0/s1. The van der Waals surface area contributed by atoms with Gasteiger partial charge in [-0.1, -0.05) is 35.4 Å². The molecule has 0 aliphatic carbocycles. The van der Waals surface area contributed by atoms with Crippen LogP contribution in [0.1, 0.15) is 13.8 Å². The average Bonchev–Trinajstić information content (AvgIpc) is 2.49. The van der Waals surface area contributed by atoms with Crippen LogP contribution < -0.4 is 21.3 Å². The van der Waals surface area contributed by atoms with Gasteiger partial charge in [0.2, 0.25) is 23.6 Å². The molecule has 0 saturated carbocycles. The minimum absolute atomic E-state index is 0.0123. The summed E-state index contributed by atoms with van der Waals surface area (Å²) in [6.07, 6.45) is 0. The number of hydrogen-bond donors (Lipinski definition) is 4. The average molecular weight is 360 g/mol. The molecule has 0 aromatic heterocycles.